The molecule has 0 radical (unpaired) electrons. The van der Waals surface area contributed by atoms with Gasteiger partial charge in [-0.05, 0) is 24.3 Å². The Kier molecular flexibility index (Phi) is 3.77. The topological polar surface area (TPSA) is 65.0 Å². The standard InChI is InChI=1S/C16H10ClN3O2S/c17-14-11(8-10-4-1-2-5-12(10)18-14)9-23-16-20-19-15(22-16)13-6-3-7-21-13/h1-8H,9H2. The van der Waals surface area contributed by atoms with Crippen LogP contribution in [-0.2, 0) is 5.75 Å². The predicted molar refractivity (Wildman–Crippen MR) is 88.3 cm³/mol. The minimum absolute atomic E-state index is 0.361. The van der Waals surface area contributed by atoms with Crippen molar-refractivity contribution in [3.63, 3.8) is 0 Å². The second-order valence-electron chi connectivity index (χ2n) is 4.77. The van der Waals surface area contributed by atoms with Gasteiger partial charge in [-0.25, -0.2) is 4.98 Å². The Morgan fingerprint density at radius 2 is 2.00 bits per heavy atom. The number of fused-ring (bicyclic) bond motifs is 1. The first-order chi connectivity index (χ1) is 11.3. The van der Waals surface area contributed by atoms with Crippen LogP contribution in [-0.4, -0.2) is 15.2 Å². The van der Waals surface area contributed by atoms with Crippen LogP contribution in [0.25, 0.3) is 22.6 Å². The Morgan fingerprint density at radius 1 is 1.09 bits per heavy atom. The van der Waals surface area contributed by atoms with E-state index in [0.29, 0.717) is 27.8 Å². The normalized spacial score (nSPS) is 11.2. The number of para-hydroxylation sites is 1. The number of aromatic nitrogens is 3. The van der Waals surface area contributed by atoms with Crippen molar-refractivity contribution in [1.29, 1.82) is 0 Å². The average molecular weight is 344 g/mol. The summed E-state index contributed by atoms with van der Waals surface area (Å²) < 4.78 is 10.8. The van der Waals surface area contributed by atoms with E-state index in [2.05, 4.69) is 15.2 Å². The number of thioether (sulfide) groups is 1. The molecule has 4 rings (SSSR count). The van der Waals surface area contributed by atoms with Crippen molar-refractivity contribution in [2.75, 3.05) is 0 Å². The second-order valence-corrected chi connectivity index (χ2v) is 6.05. The van der Waals surface area contributed by atoms with Crippen LogP contribution in [0.1, 0.15) is 5.56 Å². The number of furan rings is 1. The molecular weight excluding hydrogens is 334 g/mol. The molecule has 0 amide bonds. The fourth-order valence-corrected chi connectivity index (χ4v) is 3.17. The molecule has 0 atom stereocenters. The van der Waals surface area contributed by atoms with E-state index in [4.69, 9.17) is 20.4 Å². The van der Waals surface area contributed by atoms with E-state index < -0.39 is 0 Å². The first-order valence-corrected chi connectivity index (χ1v) is 8.20. The zero-order valence-corrected chi connectivity index (χ0v) is 13.3. The van der Waals surface area contributed by atoms with Gasteiger partial charge in [-0.15, -0.1) is 10.2 Å². The lowest BCUT2D eigenvalue weighted by Gasteiger charge is -2.04. The summed E-state index contributed by atoms with van der Waals surface area (Å²) in [5.41, 5.74) is 1.80. The SMILES string of the molecule is Clc1nc2ccccc2cc1CSc1nnc(-c2ccco2)o1. The molecule has 0 aliphatic carbocycles. The molecule has 1 aromatic carbocycles. The molecule has 3 aromatic heterocycles. The molecule has 5 nitrogen and oxygen atoms in total. The Balaban J connectivity index is 1.54. The van der Waals surface area contributed by atoms with Crippen molar-refractivity contribution in [3.8, 4) is 11.7 Å². The molecule has 0 fully saturated rings. The largest absolute Gasteiger partial charge is 0.459 e. The smallest absolute Gasteiger partial charge is 0.284 e. The molecule has 0 unspecified atom stereocenters. The Bertz CT molecular complexity index is 953. The maximum absolute atomic E-state index is 6.25. The summed E-state index contributed by atoms with van der Waals surface area (Å²) in [5.74, 6) is 1.51. The Morgan fingerprint density at radius 3 is 2.87 bits per heavy atom. The molecular formula is C16H10ClN3O2S. The van der Waals surface area contributed by atoms with Crippen molar-refractivity contribution in [3.05, 3.63) is 59.4 Å². The van der Waals surface area contributed by atoms with Crippen molar-refractivity contribution in [2.24, 2.45) is 0 Å². The zero-order chi connectivity index (χ0) is 15.6. The lowest BCUT2D eigenvalue weighted by atomic mass is 10.2. The second kappa shape index (κ2) is 6.06. The van der Waals surface area contributed by atoms with Crippen LogP contribution in [0.15, 0.2) is 62.8 Å². The van der Waals surface area contributed by atoms with E-state index in [1.54, 1.807) is 18.4 Å². The highest BCUT2D eigenvalue weighted by Gasteiger charge is 2.12. The summed E-state index contributed by atoms with van der Waals surface area (Å²) in [7, 11) is 0. The predicted octanol–water partition coefficient (Wildman–Crippen LogP) is 4.82. The van der Waals surface area contributed by atoms with Gasteiger partial charge in [0.1, 0.15) is 5.15 Å². The molecule has 114 valence electrons. The van der Waals surface area contributed by atoms with Gasteiger partial charge in [0.15, 0.2) is 5.76 Å². The molecule has 7 heteroatoms. The highest BCUT2D eigenvalue weighted by atomic mass is 35.5. The lowest BCUT2D eigenvalue weighted by molar-refractivity contribution is 0.447. The minimum atomic E-state index is 0.361. The number of rotatable bonds is 4. The van der Waals surface area contributed by atoms with Gasteiger partial charge in [0, 0.05) is 16.7 Å². The summed E-state index contributed by atoms with van der Waals surface area (Å²) in [6.45, 7) is 0. The molecule has 0 saturated carbocycles. The number of halogens is 1. The van der Waals surface area contributed by atoms with E-state index in [9.17, 15) is 0 Å². The van der Waals surface area contributed by atoms with Crippen LogP contribution in [0.3, 0.4) is 0 Å². The molecule has 3 heterocycles. The van der Waals surface area contributed by atoms with Crippen LogP contribution in [0.4, 0.5) is 0 Å². The molecule has 23 heavy (non-hydrogen) atoms. The van der Waals surface area contributed by atoms with Gasteiger partial charge in [-0.3, -0.25) is 0 Å². The maximum atomic E-state index is 6.25. The summed E-state index contributed by atoms with van der Waals surface area (Å²) >= 11 is 7.66. The van der Waals surface area contributed by atoms with E-state index in [1.807, 2.05) is 30.3 Å². The minimum Gasteiger partial charge on any atom is -0.459 e. The Hall–Kier alpha value is -2.31. The van der Waals surface area contributed by atoms with Crippen molar-refractivity contribution in [2.45, 2.75) is 11.0 Å². The third-order valence-electron chi connectivity index (χ3n) is 3.24. The van der Waals surface area contributed by atoms with E-state index in [-0.39, 0.29) is 0 Å². The number of hydrogen-bond donors (Lipinski definition) is 0. The van der Waals surface area contributed by atoms with Gasteiger partial charge in [-0.1, -0.05) is 41.6 Å². The lowest BCUT2D eigenvalue weighted by Crippen LogP contribution is -1.88. The highest BCUT2D eigenvalue weighted by Crippen LogP contribution is 2.29. The maximum Gasteiger partial charge on any atom is 0.284 e. The van der Waals surface area contributed by atoms with Gasteiger partial charge in [0.2, 0.25) is 0 Å². The van der Waals surface area contributed by atoms with Gasteiger partial charge >= 0.3 is 0 Å². The number of nitrogens with zero attached hydrogens (tertiary/aromatic N) is 3. The van der Waals surface area contributed by atoms with Gasteiger partial charge < -0.3 is 8.83 Å². The summed E-state index contributed by atoms with van der Waals surface area (Å²) in [6, 6.07) is 13.4. The quantitative estimate of drug-likeness (QED) is 0.391. The van der Waals surface area contributed by atoms with Crippen LogP contribution in [0, 0.1) is 0 Å². The monoisotopic (exact) mass is 343 g/mol. The van der Waals surface area contributed by atoms with E-state index in [1.165, 1.54) is 11.8 Å². The van der Waals surface area contributed by atoms with Gasteiger partial charge in [0.25, 0.3) is 11.1 Å². The molecule has 0 bridgehead atoms. The highest BCUT2D eigenvalue weighted by molar-refractivity contribution is 7.98. The van der Waals surface area contributed by atoms with Crippen LogP contribution < -0.4 is 0 Å². The summed E-state index contributed by atoms with van der Waals surface area (Å²) in [5, 5.41) is 9.96. The van der Waals surface area contributed by atoms with Crippen LogP contribution in [0.5, 0.6) is 0 Å². The Labute approximate surface area is 140 Å². The molecule has 4 aromatic rings. The van der Waals surface area contributed by atoms with Crippen LogP contribution in [0.2, 0.25) is 5.15 Å². The van der Waals surface area contributed by atoms with Crippen molar-refractivity contribution in [1.82, 2.24) is 15.2 Å². The van der Waals surface area contributed by atoms with E-state index in [0.717, 1.165) is 16.5 Å². The summed E-state index contributed by atoms with van der Waals surface area (Å²) in [4.78, 5) is 4.40. The van der Waals surface area contributed by atoms with Crippen molar-refractivity contribution >= 4 is 34.3 Å². The fraction of sp³-hybridized carbons (Fsp3) is 0.0625. The fourth-order valence-electron chi connectivity index (χ4n) is 2.14. The first-order valence-electron chi connectivity index (χ1n) is 6.84. The number of hydrogen-bond acceptors (Lipinski definition) is 6. The molecule has 0 saturated heterocycles. The average Bonchev–Trinajstić information content (AvgIpc) is 3.24. The number of benzene rings is 1. The third kappa shape index (κ3) is 2.95. The van der Waals surface area contributed by atoms with Crippen molar-refractivity contribution < 1.29 is 8.83 Å². The van der Waals surface area contributed by atoms with Crippen LogP contribution >= 0.6 is 23.4 Å². The van der Waals surface area contributed by atoms with Gasteiger partial charge in [-0.2, -0.15) is 0 Å². The number of pyridine rings is 1. The van der Waals surface area contributed by atoms with E-state index >= 15 is 0 Å². The molecule has 0 aliphatic heterocycles. The summed E-state index contributed by atoms with van der Waals surface area (Å²) in [6.07, 6.45) is 1.56. The molecule has 0 spiro atoms. The third-order valence-corrected chi connectivity index (χ3v) is 4.43. The van der Waals surface area contributed by atoms with Gasteiger partial charge in [0.05, 0.1) is 11.8 Å². The first kappa shape index (κ1) is 14.3. The molecule has 0 aliphatic rings. The zero-order valence-electron chi connectivity index (χ0n) is 11.8. The molecule has 0 N–H and O–H groups in total.